The van der Waals surface area contributed by atoms with E-state index in [1.807, 2.05) is 17.5 Å². The Morgan fingerprint density at radius 2 is 1.93 bits per heavy atom. The molecule has 29 heavy (non-hydrogen) atoms. The van der Waals surface area contributed by atoms with Crippen molar-refractivity contribution in [1.82, 2.24) is 10.2 Å². The van der Waals surface area contributed by atoms with Crippen LogP contribution in [0.4, 0.5) is 4.39 Å². The first-order chi connectivity index (χ1) is 14.1. The lowest BCUT2D eigenvalue weighted by Crippen LogP contribution is -2.46. The van der Waals surface area contributed by atoms with Crippen LogP contribution in [0.5, 0.6) is 0 Å². The normalized spacial score (nSPS) is 15.2. The van der Waals surface area contributed by atoms with E-state index in [2.05, 4.69) is 12.2 Å². The highest BCUT2D eigenvalue weighted by Gasteiger charge is 2.32. The van der Waals surface area contributed by atoms with E-state index in [-0.39, 0.29) is 30.1 Å². The van der Waals surface area contributed by atoms with E-state index < -0.39 is 6.04 Å². The van der Waals surface area contributed by atoms with Crippen molar-refractivity contribution in [3.05, 3.63) is 58.0 Å². The summed E-state index contributed by atoms with van der Waals surface area (Å²) in [4.78, 5) is 29.2. The molecule has 1 aromatic carbocycles. The van der Waals surface area contributed by atoms with Gasteiger partial charge in [0.05, 0.1) is 6.42 Å². The number of unbranched alkanes of at least 4 members (excludes halogenated alkanes) is 1. The Bertz CT molecular complexity index is 786. The van der Waals surface area contributed by atoms with E-state index in [4.69, 9.17) is 0 Å². The maximum atomic E-state index is 13.5. The van der Waals surface area contributed by atoms with Gasteiger partial charge in [0.1, 0.15) is 11.9 Å². The predicted octanol–water partition coefficient (Wildman–Crippen LogP) is 4.86. The minimum atomic E-state index is -0.741. The van der Waals surface area contributed by atoms with Crippen molar-refractivity contribution in [2.75, 3.05) is 6.54 Å². The molecular weight excluding hydrogens is 387 g/mol. The first kappa shape index (κ1) is 21.5. The van der Waals surface area contributed by atoms with Crippen molar-refractivity contribution in [2.45, 2.75) is 64.0 Å². The van der Waals surface area contributed by atoms with Crippen LogP contribution in [0.3, 0.4) is 0 Å². The van der Waals surface area contributed by atoms with Crippen LogP contribution in [-0.2, 0) is 16.0 Å². The van der Waals surface area contributed by atoms with E-state index >= 15 is 0 Å². The first-order valence-electron chi connectivity index (χ1n) is 10.5. The third-order valence-electron chi connectivity index (χ3n) is 5.43. The molecule has 4 nitrogen and oxygen atoms in total. The van der Waals surface area contributed by atoms with Crippen molar-refractivity contribution >= 4 is 23.2 Å². The monoisotopic (exact) mass is 416 g/mol. The topological polar surface area (TPSA) is 49.4 Å². The number of nitrogens with one attached hydrogen (secondary N) is 1. The minimum absolute atomic E-state index is 0.0724. The zero-order chi connectivity index (χ0) is 20.6. The maximum Gasteiger partial charge on any atom is 0.247 e. The molecule has 0 spiro atoms. The lowest BCUT2D eigenvalue weighted by molar-refractivity contribution is -0.140. The molecular formula is C23H29FN2O2S. The molecule has 1 atom stereocenters. The molecule has 0 aliphatic heterocycles. The second kappa shape index (κ2) is 10.5. The molecule has 0 unspecified atom stereocenters. The molecule has 156 valence electrons. The Balaban J connectivity index is 1.88. The molecule has 0 bridgehead atoms. The van der Waals surface area contributed by atoms with E-state index in [0.29, 0.717) is 12.1 Å². The lowest BCUT2D eigenvalue weighted by atomic mass is 10.0. The predicted molar refractivity (Wildman–Crippen MR) is 114 cm³/mol. The van der Waals surface area contributed by atoms with Crippen LogP contribution in [0.15, 0.2) is 41.8 Å². The van der Waals surface area contributed by atoms with Crippen molar-refractivity contribution in [3.8, 4) is 0 Å². The number of hydrogen-bond donors (Lipinski definition) is 1. The zero-order valence-corrected chi connectivity index (χ0v) is 17.7. The highest BCUT2D eigenvalue weighted by Crippen LogP contribution is 2.26. The quantitative estimate of drug-likeness (QED) is 0.635. The number of amides is 2. The Labute approximate surface area is 176 Å². The summed E-state index contributed by atoms with van der Waals surface area (Å²) in [6.07, 6.45) is 6.18. The van der Waals surface area contributed by atoms with E-state index in [0.717, 1.165) is 43.4 Å². The molecule has 1 N–H and O–H groups in total. The van der Waals surface area contributed by atoms with E-state index in [1.54, 1.807) is 17.0 Å². The van der Waals surface area contributed by atoms with Crippen molar-refractivity contribution in [2.24, 2.45) is 0 Å². The van der Waals surface area contributed by atoms with Gasteiger partial charge in [-0.25, -0.2) is 4.39 Å². The number of halogens is 1. The van der Waals surface area contributed by atoms with Crippen LogP contribution in [0.25, 0.3) is 0 Å². The SMILES string of the molecule is CCCCN(C(=O)Cc1cccs1)[C@H](C(=O)NC1CCCC1)c1ccc(F)cc1. The molecule has 0 saturated heterocycles. The first-order valence-corrected chi connectivity index (χ1v) is 11.3. The van der Waals surface area contributed by atoms with Gasteiger partial charge >= 0.3 is 0 Å². The molecule has 2 amide bonds. The zero-order valence-electron chi connectivity index (χ0n) is 16.9. The van der Waals surface area contributed by atoms with Crippen LogP contribution in [-0.4, -0.2) is 29.3 Å². The third-order valence-corrected chi connectivity index (χ3v) is 6.30. The Morgan fingerprint density at radius 1 is 1.21 bits per heavy atom. The van der Waals surface area contributed by atoms with Gasteiger partial charge in [0.2, 0.25) is 11.8 Å². The fourth-order valence-corrected chi connectivity index (χ4v) is 4.55. The number of carbonyl (C=O) groups is 2. The molecule has 1 heterocycles. The standard InChI is InChI=1S/C23H29FN2O2S/c1-2-3-14-26(21(27)16-20-9-6-15-29-20)22(17-10-12-18(24)13-11-17)23(28)25-19-7-4-5-8-19/h6,9-13,15,19,22H,2-5,7-8,14,16H2,1H3,(H,25,28)/t22-/m0/s1. The van der Waals surface area contributed by atoms with Crippen LogP contribution in [0.2, 0.25) is 0 Å². The van der Waals surface area contributed by atoms with Crippen LogP contribution >= 0.6 is 11.3 Å². The van der Waals surface area contributed by atoms with Crippen LogP contribution < -0.4 is 5.32 Å². The molecule has 1 aliphatic rings. The summed E-state index contributed by atoms with van der Waals surface area (Å²) in [5.74, 6) is -0.593. The summed E-state index contributed by atoms with van der Waals surface area (Å²) < 4.78 is 13.5. The van der Waals surface area contributed by atoms with Crippen molar-refractivity contribution < 1.29 is 14.0 Å². The summed E-state index contributed by atoms with van der Waals surface area (Å²) >= 11 is 1.54. The fourth-order valence-electron chi connectivity index (χ4n) is 3.86. The van der Waals surface area contributed by atoms with Gasteiger partial charge in [-0.15, -0.1) is 11.3 Å². The van der Waals surface area contributed by atoms with Gasteiger partial charge in [-0.1, -0.05) is 44.4 Å². The van der Waals surface area contributed by atoms with E-state index in [1.165, 1.54) is 23.5 Å². The minimum Gasteiger partial charge on any atom is -0.351 e. The number of carbonyl (C=O) groups excluding carboxylic acids is 2. The Morgan fingerprint density at radius 3 is 2.55 bits per heavy atom. The second-order valence-corrected chi connectivity index (χ2v) is 8.67. The van der Waals surface area contributed by atoms with Gasteiger partial charge < -0.3 is 10.2 Å². The molecule has 0 radical (unpaired) electrons. The Kier molecular flexibility index (Phi) is 7.81. The van der Waals surface area contributed by atoms with Crippen LogP contribution in [0.1, 0.15) is 61.9 Å². The number of benzene rings is 1. The number of hydrogen-bond acceptors (Lipinski definition) is 3. The van der Waals surface area contributed by atoms with Crippen LogP contribution in [0, 0.1) is 5.82 Å². The molecule has 1 aliphatic carbocycles. The number of thiophene rings is 1. The molecule has 1 fully saturated rings. The third kappa shape index (κ3) is 5.89. The fraction of sp³-hybridized carbons (Fsp3) is 0.478. The van der Waals surface area contributed by atoms with Gasteiger partial charge in [-0.3, -0.25) is 9.59 Å². The molecule has 2 aromatic rings. The van der Waals surface area contributed by atoms with E-state index in [9.17, 15) is 14.0 Å². The summed E-state index contributed by atoms with van der Waals surface area (Å²) in [5, 5.41) is 5.09. The smallest absolute Gasteiger partial charge is 0.247 e. The number of rotatable bonds is 9. The van der Waals surface area contributed by atoms with Crippen molar-refractivity contribution in [3.63, 3.8) is 0 Å². The summed E-state index contributed by atoms with van der Waals surface area (Å²) in [5.41, 5.74) is 0.650. The lowest BCUT2D eigenvalue weighted by Gasteiger charge is -2.32. The Hall–Kier alpha value is -2.21. The molecule has 1 aromatic heterocycles. The highest BCUT2D eigenvalue weighted by atomic mass is 32.1. The summed E-state index contributed by atoms with van der Waals surface area (Å²) in [6.45, 7) is 2.56. The maximum absolute atomic E-state index is 13.5. The molecule has 6 heteroatoms. The molecule has 1 saturated carbocycles. The highest BCUT2D eigenvalue weighted by molar-refractivity contribution is 7.10. The van der Waals surface area contributed by atoms with Gasteiger partial charge in [0.15, 0.2) is 0 Å². The average Bonchev–Trinajstić information content (AvgIpc) is 3.40. The van der Waals surface area contributed by atoms with Gasteiger partial charge in [0.25, 0.3) is 0 Å². The number of nitrogens with zero attached hydrogens (tertiary/aromatic N) is 1. The molecule has 3 rings (SSSR count). The summed E-state index contributed by atoms with van der Waals surface area (Å²) in [7, 11) is 0. The summed E-state index contributed by atoms with van der Waals surface area (Å²) in [6, 6.07) is 9.22. The average molecular weight is 417 g/mol. The second-order valence-electron chi connectivity index (χ2n) is 7.64. The van der Waals surface area contributed by atoms with Gasteiger partial charge in [-0.05, 0) is 48.4 Å². The van der Waals surface area contributed by atoms with Gasteiger partial charge in [-0.2, -0.15) is 0 Å². The van der Waals surface area contributed by atoms with Gasteiger partial charge in [0, 0.05) is 17.5 Å². The van der Waals surface area contributed by atoms with Crippen molar-refractivity contribution in [1.29, 1.82) is 0 Å². The largest absolute Gasteiger partial charge is 0.351 e.